The Labute approximate surface area is 118 Å². The fraction of sp³-hybridized carbons (Fsp3) is 0.500. The maximum Gasteiger partial charge on any atom is 0.236 e. The third kappa shape index (κ3) is 3.01. The molecule has 0 N–H and O–H groups in total. The molecule has 1 heterocycles. The van der Waals surface area contributed by atoms with Crippen LogP contribution in [-0.2, 0) is 11.2 Å². The second-order valence-electron chi connectivity index (χ2n) is 4.38. The minimum absolute atomic E-state index is 0.0534. The monoisotopic (exact) mass is 283 g/mol. The topological polar surface area (TPSA) is 20.3 Å². The van der Waals surface area contributed by atoms with Crippen LogP contribution in [0.4, 0.5) is 0 Å². The van der Waals surface area contributed by atoms with E-state index >= 15 is 0 Å². The minimum atomic E-state index is 0.0534. The molecule has 0 spiro atoms. The number of fused-ring (bicyclic) bond motifs is 1. The number of hydrogen-bond acceptors (Lipinski definition) is 2. The smallest absolute Gasteiger partial charge is 0.236 e. The first-order chi connectivity index (χ1) is 8.76. The quantitative estimate of drug-likeness (QED) is 0.774. The van der Waals surface area contributed by atoms with E-state index in [0.717, 1.165) is 25.9 Å². The van der Waals surface area contributed by atoms with Gasteiger partial charge < -0.3 is 4.90 Å². The molecule has 0 fully saturated rings. The zero-order chi connectivity index (χ0) is 13.0. The lowest BCUT2D eigenvalue weighted by Gasteiger charge is -2.23. The standard InChI is InChI=1S/C14H18ClNOS/c1-2-16(9-5-8-15)14(17)13-10-11-6-3-4-7-12(11)18-13/h3-4,6-7,13H,2,5,8-10H2,1H3. The SMILES string of the molecule is CCN(CCCCl)C(=O)C1Cc2ccccc2S1. The van der Waals surface area contributed by atoms with Gasteiger partial charge in [0.2, 0.25) is 5.91 Å². The molecular formula is C14H18ClNOS. The Bertz CT molecular complexity index is 399. The molecule has 0 aromatic heterocycles. The largest absolute Gasteiger partial charge is 0.342 e. The van der Waals surface area contributed by atoms with Gasteiger partial charge in [0.15, 0.2) is 0 Å². The van der Waals surface area contributed by atoms with E-state index < -0.39 is 0 Å². The Kier molecular flexibility index (Phi) is 4.95. The van der Waals surface area contributed by atoms with E-state index in [9.17, 15) is 4.79 Å². The van der Waals surface area contributed by atoms with Crippen LogP contribution in [0.2, 0.25) is 0 Å². The predicted molar refractivity (Wildman–Crippen MR) is 77.4 cm³/mol. The van der Waals surface area contributed by atoms with Gasteiger partial charge >= 0.3 is 0 Å². The number of thioether (sulfide) groups is 1. The number of amides is 1. The van der Waals surface area contributed by atoms with Crippen molar-refractivity contribution in [1.82, 2.24) is 4.90 Å². The van der Waals surface area contributed by atoms with E-state index in [-0.39, 0.29) is 11.2 Å². The Balaban J connectivity index is 1.99. The Hall–Kier alpha value is -0.670. The van der Waals surface area contributed by atoms with Gasteiger partial charge in [0.25, 0.3) is 0 Å². The zero-order valence-electron chi connectivity index (χ0n) is 10.6. The van der Waals surface area contributed by atoms with Crippen molar-refractivity contribution in [2.45, 2.75) is 29.9 Å². The summed E-state index contributed by atoms with van der Waals surface area (Å²) < 4.78 is 0. The molecule has 2 rings (SSSR count). The molecule has 0 saturated heterocycles. The van der Waals surface area contributed by atoms with Crippen molar-refractivity contribution in [1.29, 1.82) is 0 Å². The van der Waals surface area contributed by atoms with Gasteiger partial charge in [-0.05, 0) is 31.4 Å². The van der Waals surface area contributed by atoms with Crippen LogP contribution in [0.5, 0.6) is 0 Å². The molecule has 1 atom stereocenters. The molecule has 0 saturated carbocycles. The molecule has 0 radical (unpaired) electrons. The molecular weight excluding hydrogens is 266 g/mol. The lowest BCUT2D eigenvalue weighted by Crippen LogP contribution is -2.38. The molecule has 1 aliphatic rings. The first-order valence-corrected chi connectivity index (χ1v) is 7.77. The first-order valence-electron chi connectivity index (χ1n) is 6.35. The van der Waals surface area contributed by atoms with E-state index in [2.05, 4.69) is 12.1 Å². The first kappa shape index (κ1) is 13.8. The average Bonchev–Trinajstić information content (AvgIpc) is 2.83. The summed E-state index contributed by atoms with van der Waals surface area (Å²) >= 11 is 7.39. The fourth-order valence-electron chi connectivity index (χ4n) is 2.20. The summed E-state index contributed by atoms with van der Waals surface area (Å²) in [6.45, 7) is 3.56. The molecule has 1 unspecified atom stereocenters. The van der Waals surface area contributed by atoms with Gasteiger partial charge in [0.1, 0.15) is 0 Å². The maximum atomic E-state index is 12.4. The van der Waals surface area contributed by atoms with Gasteiger partial charge in [-0.3, -0.25) is 4.79 Å². The van der Waals surface area contributed by atoms with Crippen LogP contribution in [0.1, 0.15) is 18.9 Å². The molecule has 0 aliphatic carbocycles. The number of carbonyl (C=O) groups is 1. The van der Waals surface area contributed by atoms with Gasteiger partial charge in [-0.2, -0.15) is 0 Å². The molecule has 1 aromatic rings. The third-order valence-corrected chi connectivity index (χ3v) is 4.75. The van der Waals surface area contributed by atoms with Crippen molar-refractivity contribution in [3.8, 4) is 0 Å². The molecule has 4 heteroatoms. The van der Waals surface area contributed by atoms with Crippen molar-refractivity contribution < 1.29 is 4.79 Å². The fourth-order valence-corrected chi connectivity index (χ4v) is 3.60. The third-order valence-electron chi connectivity index (χ3n) is 3.18. The molecule has 0 bridgehead atoms. The van der Waals surface area contributed by atoms with Crippen LogP contribution in [0.3, 0.4) is 0 Å². The maximum absolute atomic E-state index is 12.4. The van der Waals surface area contributed by atoms with Crippen LogP contribution in [0.25, 0.3) is 0 Å². The van der Waals surface area contributed by atoms with E-state index in [0.29, 0.717) is 5.88 Å². The molecule has 1 aliphatic heterocycles. The van der Waals surface area contributed by atoms with E-state index in [1.54, 1.807) is 11.8 Å². The highest BCUT2D eigenvalue weighted by Gasteiger charge is 2.30. The van der Waals surface area contributed by atoms with Crippen molar-refractivity contribution in [2.24, 2.45) is 0 Å². The summed E-state index contributed by atoms with van der Waals surface area (Å²) in [5.74, 6) is 0.866. The number of hydrogen-bond donors (Lipinski definition) is 0. The highest BCUT2D eigenvalue weighted by molar-refractivity contribution is 8.01. The van der Waals surface area contributed by atoms with Gasteiger partial charge in [-0.1, -0.05) is 18.2 Å². The second kappa shape index (κ2) is 6.48. The number of rotatable bonds is 5. The van der Waals surface area contributed by atoms with Crippen molar-refractivity contribution in [3.05, 3.63) is 29.8 Å². The number of carbonyl (C=O) groups excluding carboxylic acids is 1. The van der Waals surface area contributed by atoms with Gasteiger partial charge in [-0.25, -0.2) is 0 Å². The predicted octanol–water partition coefficient (Wildman–Crippen LogP) is 3.18. The summed E-state index contributed by atoms with van der Waals surface area (Å²) in [5, 5.41) is 0.0534. The van der Waals surface area contributed by atoms with Crippen LogP contribution in [0.15, 0.2) is 29.2 Å². The van der Waals surface area contributed by atoms with Crippen molar-refractivity contribution in [3.63, 3.8) is 0 Å². The summed E-state index contributed by atoms with van der Waals surface area (Å²) in [6, 6.07) is 8.29. The highest BCUT2D eigenvalue weighted by Crippen LogP contribution is 2.37. The zero-order valence-corrected chi connectivity index (χ0v) is 12.1. The summed E-state index contributed by atoms with van der Waals surface area (Å²) in [6.07, 6.45) is 1.72. The molecule has 18 heavy (non-hydrogen) atoms. The molecule has 1 amide bonds. The molecule has 2 nitrogen and oxygen atoms in total. The van der Waals surface area contributed by atoms with Crippen LogP contribution in [0, 0.1) is 0 Å². The second-order valence-corrected chi connectivity index (χ2v) is 6.00. The van der Waals surface area contributed by atoms with Crippen LogP contribution < -0.4 is 0 Å². The van der Waals surface area contributed by atoms with E-state index in [1.165, 1.54) is 10.5 Å². The van der Waals surface area contributed by atoms with Gasteiger partial charge in [0, 0.05) is 23.9 Å². The van der Waals surface area contributed by atoms with Gasteiger partial charge in [-0.15, -0.1) is 23.4 Å². The molecule has 98 valence electrons. The van der Waals surface area contributed by atoms with E-state index in [4.69, 9.17) is 11.6 Å². The summed E-state index contributed by atoms with van der Waals surface area (Å²) in [5.41, 5.74) is 1.30. The van der Waals surface area contributed by atoms with E-state index in [1.807, 2.05) is 24.0 Å². The summed E-state index contributed by atoms with van der Waals surface area (Å²) in [7, 11) is 0. The Morgan fingerprint density at radius 3 is 2.94 bits per heavy atom. The number of nitrogens with zero attached hydrogens (tertiary/aromatic N) is 1. The van der Waals surface area contributed by atoms with Crippen LogP contribution >= 0.6 is 23.4 Å². The van der Waals surface area contributed by atoms with Crippen molar-refractivity contribution in [2.75, 3.05) is 19.0 Å². The van der Waals surface area contributed by atoms with Gasteiger partial charge in [0.05, 0.1) is 5.25 Å². The van der Waals surface area contributed by atoms with Crippen molar-refractivity contribution >= 4 is 29.3 Å². The molecule has 1 aromatic carbocycles. The normalized spacial score (nSPS) is 17.6. The average molecular weight is 284 g/mol. The Morgan fingerprint density at radius 1 is 1.50 bits per heavy atom. The highest BCUT2D eigenvalue weighted by atomic mass is 35.5. The number of alkyl halides is 1. The number of halogens is 1. The van der Waals surface area contributed by atoms with Crippen LogP contribution in [-0.4, -0.2) is 35.0 Å². The summed E-state index contributed by atoms with van der Waals surface area (Å²) in [4.78, 5) is 15.6. The number of benzene rings is 1. The lowest BCUT2D eigenvalue weighted by atomic mass is 10.1. The lowest BCUT2D eigenvalue weighted by molar-refractivity contribution is -0.130. The Morgan fingerprint density at radius 2 is 2.28 bits per heavy atom. The minimum Gasteiger partial charge on any atom is -0.342 e.